The quantitative estimate of drug-likeness (QED) is 0.193. The molecule has 0 aliphatic carbocycles. The van der Waals surface area contributed by atoms with Crippen molar-refractivity contribution in [1.29, 1.82) is 0 Å². The molecule has 30 heavy (non-hydrogen) atoms. The molecule has 0 radical (unpaired) electrons. The van der Waals surface area contributed by atoms with Gasteiger partial charge < -0.3 is 9.15 Å². The summed E-state index contributed by atoms with van der Waals surface area (Å²) in [5.74, 6) is 1.73. The number of hydrogen-bond acceptors (Lipinski definition) is 5. The summed E-state index contributed by atoms with van der Waals surface area (Å²) in [4.78, 5) is 16.3. The lowest BCUT2D eigenvalue weighted by atomic mass is 10.1. The van der Waals surface area contributed by atoms with E-state index >= 15 is 0 Å². The van der Waals surface area contributed by atoms with Crippen LogP contribution < -0.4 is 4.74 Å². The molecule has 0 aliphatic heterocycles. The minimum absolute atomic E-state index is 0.243. The Balaban J connectivity index is 1.58. The van der Waals surface area contributed by atoms with Gasteiger partial charge >= 0.3 is 5.97 Å². The van der Waals surface area contributed by atoms with Crippen molar-refractivity contribution in [1.82, 2.24) is 4.98 Å². The highest BCUT2D eigenvalue weighted by Gasteiger charge is 2.17. The zero-order chi connectivity index (χ0) is 20.8. The first-order valence-corrected chi connectivity index (χ1v) is 10.8. The molecular formula is C25H21NO3S. The number of benzene rings is 3. The van der Waals surface area contributed by atoms with Crippen molar-refractivity contribution in [3.05, 3.63) is 90.5 Å². The molecule has 0 fully saturated rings. The van der Waals surface area contributed by atoms with Gasteiger partial charge in [-0.25, -0.2) is 4.98 Å². The van der Waals surface area contributed by atoms with E-state index in [4.69, 9.17) is 14.1 Å². The molecule has 0 saturated heterocycles. The number of aromatic nitrogens is 1. The first kappa shape index (κ1) is 20.0. The second-order valence-corrected chi connectivity index (χ2v) is 7.58. The van der Waals surface area contributed by atoms with Gasteiger partial charge in [0.25, 0.3) is 5.22 Å². The molecule has 0 atom stereocenters. The maximum Gasteiger partial charge on any atom is 0.310 e. The van der Waals surface area contributed by atoms with E-state index in [1.807, 2.05) is 78.9 Å². The first-order chi connectivity index (χ1) is 14.7. The molecule has 150 valence electrons. The lowest BCUT2D eigenvalue weighted by Gasteiger charge is -2.04. The van der Waals surface area contributed by atoms with Gasteiger partial charge in [-0.05, 0) is 17.7 Å². The van der Waals surface area contributed by atoms with Gasteiger partial charge in [0.15, 0.2) is 5.76 Å². The van der Waals surface area contributed by atoms with Crippen molar-refractivity contribution in [3.63, 3.8) is 0 Å². The van der Waals surface area contributed by atoms with Crippen molar-refractivity contribution < 1.29 is 13.9 Å². The minimum Gasteiger partial charge on any atom is -0.431 e. The van der Waals surface area contributed by atoms with E-state index in [1.165, 1.54) is 11.8 Å². The second-order valence-electron chi connectivity index (χ2n) is 6.65. The molecule has 3 aromatic carbocycles. The Morgan fingerprint density at radius 3 is 2.33 bits per heavy atom. The number of thioether (sulfide) groups is 1. The van der Waals surface area contributed by atoms with E-state index in [0.717, 1.165) is 28.1 Å². The summed E-state index contributed by atoms with van der Waals surface area (Å²) in [7, 11) is 0. The average molecular weight is 416 g/mol. The monoisotopic (exact) mass is 415 g/mol. The van der Waals surface area contributed by atoms with Gasteiger partial charge in [-0.1, -0.05) is 91.5 Å². The summed E-state index contributed by atoms with van der Waals surface area (Å²) in [5, 5.41) is 0.601. The Bertz CT molecular complexity index is 1070. The average Bonchev–Trinajstić information content (AvgIpc) is 3.23. The molecule has 5 heteroatoms. The highest BCUT2D eigenvalue weighted by Crippen LogP contribution is 2.36. The number of hydrogen-bond donors (Lipinski definition) is 0. The molecule has 0 saturated carbocycles. The van der Waals surface area contributed by atoms with E-state index in [-0.39, 0.29) is 5.97 Å². The molecule has 4 rings (SSSR count). The SMILES string of the molecule is CCC(=O)Oc1cccc(CSc2nc(-c3ccccc3)c(-c3ccccc3)o2)c1. The summed E-state index contributed by atoms with van der Waals surface area (Å²) in [6.45, 7) is 1.78. The van der Waals surface area contributed by atoms with Gasteiger partial charge in [0.1, 0.15) is 11.4 Å². The Hall–Kier alpha value is -3.31. The zero-order valence-corrected chi connectivity index (χ0v) is 17.4. The van der Waals surface area contributed by atoms with Crippen molar-refractivity contribution in [2.45, 2.75) is 24.3 Å². The van der Waals surface area contributed by atoms with Crippen LogP contribution in [-0.4, -0.2) is 11.0 Å². The van der Waals surface area contributed by atoms with E-state index in [9.17, 15) is 4.79 Å². The maximum atomic E-state index is 11.5. The summed E-state index contributed by atoms with van der Waals surface area (Å²) in [6.07, 6.45) is 0.347. The zero-order valence-electron chi connectivity index (χ0n) is 16.6. The van der Waals surface area contributed by atoms with Gasteiger partial charge in [-0.2, -0.15) is 0 Å². The van der Waals surface area contributed by atoms with E-state index in [2.05, 4.69) is 0 Å². The number of carbonyl (C=O) groups is 1. The molecule has 0 N–H and O–H groups in total. The van der Waals surface area contributed by atoms with Crippen LogP contribution in [-0.2, 0) is 10.5 Å². The Labute approximate surface area is 179 Å². The molecule has 4 aromatic rings. The lowest BCUT2D eigenvalue weighted by Crippen LogP contribution is -2.05. The molecule has 4 nitrogen and oxygen atoms in total. The number of rotatable bonds is 7. The Morgan fingerprint density at radius 1 is 0.933 bits per heavy atom. The fourth-order valence-corrected chi connectivity index (χ4v) is 3.75. The predicted molar refractivity (Wildman–Crippen MR) is 119 cm³/mol. The molecule has 0 amide bonds. The van der Waals surface area contributed by atoms with Crippen LogP contribution in [0.4, 0.5) is 0 Å². The topological polar surface area (TPSA) is 52.3 Å². The van der Waals surface area contributed by atoms with Crippen LogP contribution in [0, 0.1) is 0 Å². The molecule has 0 bridgehead atoms. The van der Waals surface area contributed by atoms with Crippen LogP contribution in [0.5, 0.6) is 5.75 Å². The molecule has 1 heterocycles. The van der Waals surface area contributed by atoms with Gasteiger partial charge in [0, 0.05) is 23.3 Å². The van der Waals surface area contributed by atoms with E-state index in [1.54, 1.807) is 13.0 Å². The van der Waals surface area contributed by atoms with Crippen LogP contribution >= 0.6 is 11.8 Å². The van der Waals surface area contributed by atoms with Gasteiger partial charge in [-0.15, -0.1) is 0 Å². The number of nitrogens with zero attached hydrogens (tertiary/aromatic N) is 1. The number of ether oxygens (including phenoxy) is 1. The molecule has 1 aromatic heterocycles. The third kappa shape index (κ3) is 4.81. The maximum absolute atomic E-state index is 11.5. The second kappa shape index (κ2) is 9.46. The number of carbonyl (C=O) groups excluding carboxylic acids is 1. The fraction of sp³-hybridized carbons (Fsp3) is 0.120. The summed E-state index contributed by atoms with van der Waals surface area (Å²) >= 11 is 1.51. The summed E-state index contributed by atoms with van der Waals surface area (Å²) in [5.41, 5.74) is 3.86. The van der Waals surface area contributed by atoms with Gasteiger partial charge in [0.05, 0.1) is 0 Å². The smallest absolute Gasteiger partial charge is 0.310 e. The highest BCUT2D eigenvalue weighted by molar-refractivity contribution is 7.98. The van der Waals surface area contributed by atoms with Crippen LogP contribution in [0.15, 0.2) is 94.6 Å². The summed E-state index contributed by atoms with van der Waals surface area (Å²) < 4.78 is 11.5. The van der Waals surface area contributed by atoms with Crippen molar-refractivity contribution in [2.75, 3.05) is 0 Å². The van der Waals surface area contributed by atoms with Crippen molar-refractivity contribution in [2.24, 2.45) is 0 Å². The lowest BCUT2D eigenvalue weighted by molar-refractivity contribution is -0.134. The van der Waals surface area contributed by atoms with E-state index < -0.39 is 0 Å². The van der Waals surface area contributed by atoms with Crippen molar-refractivity contribution >= 4 is 17.7 Å². The third-order valence-electron chi connectivity index (χ3n) is 4.47. The Kier molecular flexibility index (Phi) is 6.30. The first-order valence-electron chi connectivity index (χ1n) is 9.77. The van der Waals surface area contributed by atoms with E-state index in [0.29, 0.717) is 23.1 Å². The van der Waals surface area contributed by atoms with Crippen molar-refractivity contribution in [3.8, 4) is 28.3 Å². The van der Waals surface area contributed by atoms with Gasteiger partial charge in [-0.3, -0.25) is 4.79 Å². The highest BCUT2D eigenvalue weighted by atomic mass is 32.2. The number of esters is 1. The van der Waals surface area contributed by atoms with Crippen LogP contribution in [0.25, 0.3) is 22.6 Å². The van der Waals surface area contributed by atoms with Crippen LogP contribution in [0.2, 0.25) is 0 Å². The fourth-order valence-electron chi connectivity index (χ4n) is 2.99. The molecular weight excluding hydrogens is 394 g/mol. The minimum atomic E-state index is -0.243. The molecule has 0 aliphatic rings. The van der Waals surface area contributed by atoms with Crippen LogP contribution in [0.3, 0.4) is 0 Å². The largest absolute Gasteiger partial charge is 0.431 e. The van der Waals surface area contributed by atoms with Gasteiger partial charge in [0.2, 0.25) is 0 Å². The Morgan fingerprint density at radius 2 is 1.63 bits per heavy atom. The summed E-state index contributed by atoms with van der Waals surface area (Å²) in [6, 6.07) is 27.6. The predicted octanol–water partition coefficient (Wildman–Crippen LogP) is 6.62. The third-order valence-corrected chi connectivity index (χ3v) is 5.37. The normalized spacial score (nSPS) is 10.7. The van der Waals surface area contributed by atoms with Crippen LogP contribution in [0.1, 0.15) is 18.9 Å². The number of oxazole rings is 1. The molecule has 0 spiro atoms. The standard InChI is InChI=1S/C25H21NO3S/c1-2-22(27)28-21-15-9-10-18(16-21)17-30-25-26-23(19-11-5-3-6-12-19)24(29-25)20-13-7-4-8-14-20/h3-16H,2,17H2,1H3. The molecule has 0 unspecified atom stereocenters.